The molecule has 31 heavy (non-hydrogen) atoms. The largest absolute Gasteiger partial charge is 0.351 e. The highest BCUT2D eigenvalue weighted by molar-refractivity contribution is 6.03. The number of carbonyl (C=O) groups is 1. The maximum atomic E-state index is 12.9. The fraction of sp³-hybridized carbons (Fsp3) is 0.455. The molecule has 1 N–H and O–H groups in total. The van der Waals surface area contributed by atoms with Crippen molar-refractivity contribution < 1.29 is 4.79 Å². The number of aromatic nitrogens is 4. The summed E-state index contributed by atoms with van der Waals surface area (Å²) in [6.07, 6.45) is 2.29. The Balaban J connectivity index is 1.52. The van der Waals surface area contributed by atoms with E-state index in [4.69, 9.17) is 0 Å². The van der Waals surface area contributed by atoms with Gasteiger partial charge in [0.05, 0.1) is 12.0 Å². The van der Waals surface area contributed by atoms with Crippen molar-refractivity contribution >= 4 is 16.9 Å². The van der Waals surface area contributed by atoms with Gasteiger partial charge in [-0.3, -0.25) is 9.59 Å². The molecule has 1 saturated heterocycles. The van der Waals surface area contributed by atoms with Gasteiger partial charge in [0.25, 0.3) is 11.5 Å². The third kappa shape index (κ3) is 4.52. The van der Waals surface area contributed by atoms with Gasteiger partial charge in [0.15, 0.2) is 11.2 Å². The highest BCUT2D eigenvalue weighted by atomic mass is 16.2. The Hall–Kier alpha value is -3.04. The fourth-order valence-corrected chi connectivity index (χ4v) is 3.77. The van der Waals surface area contributed by atoms with Crippen molar-refractivity contribution in [3.05, 3.63) is 52.2 Å². The summed E-state index contributed by atoms with van der Waals surface area (Å²) >= 11 is 0. The van der Waals surface area contributed by atoms with Crippen LogP contribution in [0.1, 0.15) is 22.5 Å². The Kier molecular flexibility index (Phi) is 6.15. The van der Waals surface area contributed by atoms with Crippen molar-refractivity contribution in [2.45, 2.75) is 13.3 Å². The highest BCUT2D eigenvalue weighted by Gasteiger charge is 2.22. The van der Waals surface area contributed by atoms with Crippen LogP contribution in [0.5, 0.6) is 0 Å². The summed E-state index contributed by atoms with van der Waals surface area (Å²) in [5, 5.41) is 7.43. The first-order valence-electron chi connectivity index (χ1n) is 10.6. The summed E-state index contributed by atoms with van der Waals surface area (Å²) in [6.45, 7) is 7.77. The van der Waals surface area contributed by atoms with Crippen LogP contribution < -0.4 is 10.9 Å². The zero-order valence-electron chi connectivity index (χ0n) is 18.3. The van der Waals surface area contributed by atoms with Gasteiger partial charge >= 0.3 is 0 Å². The second-order valence-electron chi connectivity index (χ2n) is 8.21. The number of aryl methyl sites for hydroxylation is 2. The summed E-state index contributed by atoms with van der Waals surface area (Å²) < 4.78 is 2.91. The lowest BCUT2D eigenvalue weighted by molar-refractivity contribution is 0.0945. The molecule has 0 aliphatic carbocycles. The van der Waals surface area contributed by atoms with Crippen molar-refractivity contribution in [3.63, 3.8) is 0 Å². The van der Waals surface area contributed by atoms with Gasteiger partial charge in [0, 0.05) is 39.8 Å². The predicted octanol–water partition coefficient (Wildman–Crippen LogP) is 0.795. The van der Waals surface area contributed by atoms with Crippen molar-refractivity contribution in [2.75, 3.05) is 46.3 Å². The van der Waals surface area contributed by atoms with Crippen LogP contribution in [-0.2, 0) is 7.05 Å². The van der Waals surface area contributed by atoms with E-state index in [0.29, 0.717) is 17.6 Å². The quantitative estimate of drug-likeness (QED) is 0.590. The van der Waals surface area contributed by atoms with Crippen molar-refractivity contribution in [2.24, 2.45) is 7.05 Å². The molecule has 0 unspecified atom stereocenters. The lowest BCUT2D eigenvalue weighted by Gasteiger charge is -2.32. The van der Waals surface area contributed by atoms with Crippen LogP contribution in [0.2, 0.25) is 0 Å². The SMILES string of the molecule is Cc1ccc(-n2nc(C(=O)NCCCN3CCN(C)CC3)c3ncn(C)c(=O)c32)cc1. The topological polar surface area (TPSA) is 88.3 Å². The Morgan fingerprint density at radius 3 is 2.52 bits per heavy atom. The second-order valence-corrected chi connectivity index (χ2v) is 8.21. The Bertz CT molecular complexity index is 1130. The van der Waals surface area contributed by atoms with Crippen LogP contribution in [0.15, 0.2) is 35.4 Å². The molecule has 1 aliphatic rings. The Morgan fingerprint density at radius 1 is 1.10 bits per heavy atom. The van der Waals surface area contributed by atoms with Crippen molar-refractivity contribution in [1.82, 2.24) is 34.4 Å². The lowest BCUT2D eigenvalue weighted by Crippen LogP contribution is -2.45. The molecule has 1 amide bonds. The third-order valence-corrected chi connectivity index (χ3v) is 5.77. The average Bonchev–Trinajstić information content (AvgIpc) is 3.16. The van der Waals surface area contributed by atoms with E-state index >= 15 is 0 Å². The zero-order chi connectivity index (χ0) is 22.0. The minimum absolute atomic E-state index is 0.174. The third-order valence-electron chi connectivity index (χ3n) is 5.77. The minimum Gasteiger partial charge on any atom is -0.351 e. The number of fused-ring (bicyclic) bond motifs is 1. The van der Waals surface area contributed by atoms with E-state index in [1.165, 1.54) is 15.6 Å². The predicted molar refractivity (Wildman–Crippen MR) is 120 cm³/mol. The normalized spacial score (nSPS) is 15.5. The first-order valence-corrected chi connectivity index (χ1v) is 10.6. The summed E-state index contributed by atoms with van der Waals surface area (Å²) in [5.41, 5.74) is 2.37. The van der Waals surface area contributed by atoms with Gasteiger partial charge in [-0.1, -0.05) is 17.7 Å². The molecular weight excluding hydrogens is 394 g/mol. The number of hydrogen-bond donors (Lipinski definition) is 1. The number of nitrogens with zero attached hydrogens (tertiary/aromatic N) is 6. The molecule has 164 valence electrons. The summed E-state index contributed by atoms with van der Waals surface area (Å²) in [5.74, 6) is -0.310. The number of carbonyl (C=O) groups excluding carboxylic acids is 1. The minimum atomic E-state index is -0.310. The van der Waals surface area contributed by atoms with Crippen LogP contribution >= 0.6 is 0 Å². The second kappa shape index (κ2) is 8.99. The van der Waals surface area contributed by atoms with Gasteiger partial charge in [-0.2, -0.15) is 5.10 Å². The maximum absolute atomic E-state index is 12.9. The highest BCUT2D eigenvalue weighted by Crippen LogP contribution is 2.18. The monoisotopic (exact) mass is 423 g/mol. The number of benzene rings is 1. The molecule has 9 nitrogen and oxygen atoms in total. The Morgan fingerprint density at radius 2 is 1.81 bits per heavy atom. The molecule has 1 fully saturated rings. The molecule has 1 aliphatic heterocycles. The molecule has 3 heterocycles. The first kappa shape index (κ1) is 21.2. The maximum Gasteiger partial charge on any atom is 0.279 e. The van der Waals surface area contributed by atoms with Crippen molar-refractivity contribution in [1.29, 1.82) is 0 Å². The van der Waals surface area contributed by atoms with E-state index in [9.17, 15) is 9.59 Å². The van der Waals surface area contributed by atoms with E-state index in [0.717, 1.165) is 50.4 Å². The number of amides is 1. The van der Waals surface area contributed by atoms with Gasteiger partial charge in [-0.05, 0) is 39.1 Å². The van der Waals surface area contributed by atoms with Gasteiger partial charge in [-0.25, -0.2) is 9.67 Å². The van der Waals surface area contributed by atoms with Gasteiger partial charge in [0.2, 0.25) is 0 Å². The van der Waals surface area contributed by atoms with Gasteiger partial charge in [-0.15, -0.1) is 0 Å². The fourth-order valence-electron chi connectivity index (χ4n) is 3.77. The Labute approximate surface area is 181 Å². The number of rotatable bonds is 6. The average molecular weight is 424 g/mol. The van der Waals surface area contributed by atoms with E-state index in [2.05, 4.69) is 32.2 Å². The van der Waals surface area contributed by atoms with E-state index in [1.54, 1.807) is 7.05 Å². The molecule has 0 bridgehead atoms. The molecule has 4 rings (SSSR count). The number of likely N-dealkylation sites (N-methyl/N-ethyl adjacent to an activating group) is 1. The van der Waals surface area contributed by atoms with E-state index in [-0.39, 0.29) is 17.2 Å². The zero-order valence-corrected chi connectivity index (χ0v) is 18.3. The van der Waals surface area contributed by atoms with E-state index in [1.807, 2.05) is 31.2 Å². The molecule has 3 aromatic rings. The van der Waals surface area contributed by atoms with Gasteiger partial charge < -0.3 is 19.7 Å². The smallest absolute Gasteiger partial charge is 0.279 e. The summed E-state index contributed by atoms with van der Waals surface area (Å²) in [4.78, 5) is 34.8. The van der Waals surface area contributed by atoms with Crippen molar-refractivity contribution in [3.8, 4) is 5.69 Å². The van der Waals surface area contributed by atoms with Crippen LogP contribution in [0.4, 0.5) is 0 Å². The molecule has 1 aromatic carbocycles. The molecule has 0 radical (unpaired) electrons. The van der Waals surface area contributed by atoms with Crippen LogP contribution in [-0.4, -0.2) is 81.4 Å². The number of hydrogen-bond acceptors (Lipinski definition) is 6. The summed E-state index contributed by atoms with van der Waals surface area (Å²) in [6, 6.07) is 7.65. The standard InChI is InChI=1S/C22H29N7O2/c1-16-5-7-17(8-6-16)29-20-18(24-15-27(3)22(20)31)19(25-29)21(30)23-9-4-10-28-13-11-26(2)12-14-28/h5-8,15H,4,9-14H2,1-3H3,(H,23,30). The summed E-state index contributed by atoms with van der Waals surface area (Å²) in [7, 11) is 3.78. The molecular formula is C22H29N7O2. The van der Waals surface area contributed by atoms with Crippen LogP contribution in [0.3, 0.4) is 0 Å². The molecule has 2 aromatic heterocycles. The molecule has 0 spiro atoms. The number of nitrogens with one attached hydrogen (secondary N) is 1. The van der Waals surface area contributed by atoms with E-state index < -0.39 is 0 Å². The molecule has 0 saturated carbocycles. The van der Waals surface area contributed by atoms with Crippen LogP contribution in [0.25, 0.3) is 16.7 Å². The first-order chi connectivity index (χ1) is 14.9. The molecule has 9 heteroatoms. The van der Waals surface area contributed by atoms with Crippen LogP contribution in [0, 0.1) is 6.92 Å². The number of piperazine rings is 1. The lowest BCUT2D eigenvalue weighted by atomic mass is 10.2. The van der Waals surface area contributed by atoms with Gasteiger partial charge in [0.1, 0.15) is 5.52 Å². The molecule has 0 atom stereocenters.